The third-order valence-electron chi connectivity index (χ3n) is 1.79. The Morgan fingerprint density at radius 2 is 1.64 bits per heavy atom. The molecule has 0 radical (unpaired) electrons. The third-order valence-corrected chi connectivity index (χ3v) is 1.79. The first-order valence-electron chi connectivity index (χ1n) is 3.37. The molecule has 0 saturated carbocycles. The number of ether oxygens (including phenoxy) is 1. The highest BCUT2D eigenvalue weighted by atomic mass is 19.1. The lowest BCUT2D eigenvalue weighted by molar-refractivity contribution is -0.252. The number of hydrogen-bond donors (Lipinski definition) is 3. The van der Waals surface area contributed by atoms with Crippen molar-refractivity contribution >= 4 is 0 Å². The maximum Gasteiger partial charge on any atom is 0.228 e. The van der Waals surface area contributed by atoms with E-state index in [0.717, 1.165) is 0 Å². The van der Waals surface area contributed by atoms with E-state index in [0.29, 0.717) is 0 Å². The van der Waals surface area contributed by atoms with Gasteiger partial charge in [0.25, 0.3) is 0 Å². The summed E-state index contributed by atoms with van der Waals surface area (Å²) in [5.74, 6) is 0. The Morgan fingerprint density at radius 1 is 1.09 bits per heavy atom. The second-order valence-corrected chi connectivity index (χ2v) is 2.66. The largest absolute Gasteiger partial charge is 0.388 e. The van der Waals surface area contributed by atoms with Crippen molar-refractivity contribution in [1.29, 1.82) is 0 Å². The lowest BCUT2D eigenvalue weighted by Crippen LogP contribution is -2.55. The zero-order valence-electron chi connectivity index (χ0n) is 6.01. The summed E-state index contributed by atoms with van der Waals surface area (Å²) in [6.45, 7) is 1.42. The van der Waals surface area contributed by atoms with Crippen LogP contribution in [0.1, 0.15) is 6.92 Å². The van der Waals surface area contributed by atoms with Crippen LogP contribution in [-0.4, -0.2) is 46.1 Å². The van der Waals surface area contributed by atoms with Gasteiger partial charge < -0.3 is 20.1 Å². The molecule has 1 aliphatic heterocycles. The zero-order valence-corrected chi connectivity index (χ0v) is 6.01. The average molecular weight is 166 g/mol. The lowest BCUT2D eigenvalue weighted by Gasteiger charge is -2.35. The summed E-state index contributed by atoms with van der Waals surface area (Å²) < 4.78 is 17.0. The van der Waals surface area contributed by atoms with Crippen LogP contribution in [-0.2, 0) is 4.74 Å². The van der Waals surface area contributed by atoms with Gasteiger partial charge in [-0.15, -0.1) is 0 Å². The van der Waals surface area contributed by atoms with Crippen LogP contribution < -0.4 is 0 Å². The number of aliphatic hydroxyl groups excluding tert-OH is 3. The van der Waals surface area contributed by atoms with Gasteiger partial charge in [-0.1, -0.05) is 0 Å². The van der Waals surface area contributed by atoms with E-state index < -0.39 is 30.8 Å². The van der Waals surface area contributed by atoms with Gasteiger partial charge in [-0.25, -0.2) is 4.39 Å². The van der Waals surface area contributed by atoms with Gasteiger partial charge in [0.05, 0.1) is 6.10 Å². The van der Waals surface area contributed by atoms with E-state index in [1.54, 1.807) is 0 Å². The molecule has 0 spiro atoms. The molecule has 3 N–H and O–H groups in total. The predicted molar refractivity (Wildman–Crippen MR) is 33.5 cm³/mol. The fourth-order valence-corrected chi connectivity index (χ4v) is 1.00. The van der Waals surface area contributed by atoms with Crippen molar-refractivity contribution in [1.82, 2.24) is 0 Å². The first-order chi connectivity index (χ1) is 5.04. The molecule has 1 saturated heterocycles. The molecule has 0 aliphatic carbocycles. The summed E-state index contributed by atoms with van der Waals surface area (Å²) in [7, 11) is 0. The molecular formula is C6H11FO4. The SMILES string of the molecule is C[C@@H]1OC(F)[C@@H](O)[C@H](O)[C@@H]1O. The molecule has 1 heterocycles. The molecule has 5 heteroatoms. The van der Waals surface area contributed by atoms with Crippen LogP contribution >= 0.6 is 0 Å². The first kappa shape index (κ1) is 8.86. The van der Waals surface area contributed by atoms with Gasteiger partial charge in [0, 0.05) is 0 Å². The fraction of sp³-hybridized carbons (Fsp3) is 1.00. The Bertz CT molecular complexity index is 129. The molecule has 66 valence electrons. The van der Waals surface area contributed by atoms with Crippen molar-refractivity contribution in [3.8, 4) is 0 Å². The predicted octanol–water partition coefficient (Wildman–Crippen LogP) is -1.22. The molecule has 11 heavy (non-hydrogen) atoms. The molecule has 5 atom stereocenters. The maximum atomic E-state index is 12.5. The van der Waals surface area contributed by atoms with Gasteiger partial charge in [0.1, 0.15) is 18.3 Å². The number of hydrogen-bond acceptors (Lipinski definition) is 4. The first-order valence-corrected chi connectivity index (χ1v) is 3.37. The Kier molecular flexibility index (Phi) is 2.43. The van der Waals surface area contributed by atoms with Crippen LogP contribution in [0.2, 0.25) is 0 Å². The molecule has 0 bridgehead atoms. The molecule has 1 rings (SSSR count). The molecule has 4 nitrogen and oxygen atoms in total. The van der Waals surface area contributed by atoms with Crippen LogP contribution in [0.15, 0.2) is 0 Å². The molecule has 1 aliphatic rings. The highest BCUT2D eigenvalue weighted by Crippen LogP contribution is 2.21. The highest BCUT2D eigenvalue weighted by molar-refractivity contribution is 4.86. The normalized spacial score (nSPS) is 52.6. The van der Waals surface area contributed by atoms with Gasteiger partial charge in [0.15, 0.2) is 0 Å². The number of alkyl halides is 1. The van der Waals surface area contributed by atoms with E-state index in [2.05, 4.69) is 4.74 Å². The molecule has 1 fully saturated rings. The Morgan fingerprint density at radius 3 is 2.18 bits per heavy atom. The van der Waals surface area contributed by atoms with Crippen molar-refractivity contribution in [3.63, 3.8) is 0 Å². The summed E-state index contributed by atoms with van der Waals surface area (Å²) in [6, 6.07) is 0. The summed E-state index contributed by atoms with van der Waals surface area (Å²) in [5.41, 5.74) is 0. The van der Waals surface area contributed by atoms with Gasteiger partial charge in [-0.05, 0) is 6.92 Å². The number of aliphatic hydroxyl groups is 3. The minimum atomic E-state index is -1.91. The second kappa shape index (κ2) is 3.02. The quantitative estimate of drug-likeness (QED) is 0.422. The van der Waals surface area contributed by atoms with Crippen molar-refractivity contribution in [2.75, 3.05) is 0 Å². The van der Waals surface area contributed by atoms with E-state index in [-0.39, 0.29) is 0 Å². The standard InChI is InChI=1S/C6H11FO4/c1-2-3(8)4(9)5(10)6(7)11-2/h2-6,8-10H,1H3/t2-,3+,4+,5-,6?/m0/s1. The minimum absolute atomic E-state index is 0.789. The third kappa shape index (κ3) is 1.51. The summed E-state index contributed by atoms with van der Waals surface area (Å²) >= 11 is 0. The second-order valence-electron chi connectivity index (χ2n) is 2.66. The van der Waals surface area contributed by atoms with Gasteiger partial charge in [0.2, 0.25) is 6.36 Å². The Balaban J connectivity index is 2.63. The molecule has 1 unspecified atom stereocenters. The molecule has 0 aromatic heterocycles. The van der Waals surface area contributed by atoms with Crippen LogP contribution in [0.4, 0.5) is 4.39 Å². The van der Waals surface area contributed by atoms with Crippen LogP contribution in [0.3, 0.4) is 0 Å². The lowest BCUT2D eigenvalue weighted by atomic mass is 10.0. The van der Waals surface area contributed by atoms with Crippen molar-refractivity contribution in [3.05, 3.63) is 0 Å². The molecule has 0 amide bonds. The van der Waals surface area contributed by atoms with Gasteiger partial charge in [-0.3, -0.25) is 0 Å². The van der Waals surface area contributed by atoms with E-state index in [1.807, 2.05) is 0 Å². The Labute approximate surface area is 63.2 Å². The van der Waals surface area contributed by atoms with E-state index in [4.69, 9.17) is 15.3 Å². The fourth-order valence-electron chi connectivity index (χ4n) is 1.00. The maximum absolute atomic E-state index is 12.5. The van der Waals surface area contributed by atoms with Crippen molar-refractivity contribution in [2.45, 2.75) is 37.7 Å². The van der Waals surface area contributed by atoms with Crippen molar-refractivity contribution < 1.29 is 24.4 Å². The average Bonchev–Trinajstić information content (AvgIpc) is 1.97. The van der Waals surface area contributed by atoms with Crippen LogP contribution in [0.5, 0.6) is 0 Å². The topological polar surface area (TPSA) is 69.9 Å². The van der Waals surface area contributed by atoms with Crippen LogP contribution in [0, 0.1) is 0 Å². The number of halogens is 1. The summed E-state index contributed by atoms with van der Waals surface area (Å²) in [4.78, 5) is 0. The van der Waals surface area contributed by atoms with Gasteiger partial charge in [-0.2, -0.15) is 0 Å². The molecular weight excluding hydrogens is 155 g/mol. The van der Waals surface area contributed by atoms with E-state index >= 15 is 0 Å². The summed E-state index contributed by atoms with van der Waals surface area (Å²) in [6.07, 6.45) is -7.04. The van der Waals surface area contributed by atoms with E-state index in [1.165, 1.54) is 6.92 Å². The summed E-state index contributed by atoms with van der Waals surface area (Å²) in [5, 5.41) is 26.8. The van der Waals surface area contributed by atoms with E-state index in [9.17, 15) is 4.39 Å². The number of rotatable bonds is 0. The smallest absolute Gasteiger partial charge is 0.228 e. The minimum Gasteiger partial charge on any atom is -0.388 e. The zero-order chi connectivity index (χ0) is 8.59. The Hall–Kier alpha value is -0.230. The molecule has 0 aromatic carbocycles. The van der Waals surface area contributed by atoms with Crippen LogP contribution in [0.25, 0.3) is 0 Å². The van der Waals surface area contributed by atoms with Gasteiger partial charge >= 0.3 is 0 Å². The highest BCUT2D eigenvalue weighted by Gasteiger charge is 2.41. The molecule has 0 aromatic rings. The van der Waals surface area contributed by atoms with Crippen molar-refractivity contribution in [2.24, 2.45) is 0 Å². The monoisotopic (exact) mass is 166 g/mol.